The second kappa shape index (κ2) is 12.2. The topological polar surface area (TPSA) is 107 Å². The SMILES string of the molecule is C=c1c(-c2nc3c(-c4cc(F)cc(CNC)c4)cncc3[nH]2)n[nH]/c1=C/C=C(\C)c1cncc(CC2CCNCC2)c1. The van der Waals surface area contributed by atoms with Crippen molar-refractivity contribution in [1.82, 2.24) is 40.8 Å². The van der Waals surface area contributed by atoms with Crippen molar-refractivity contribution in [3.63, 3.8) is 0 Å². The van der Waals surface area contributed by atoms with Gasteiger partial charge in [0.1, 0.15) is 11.5 Å². The molecular formula is C33H35FN8. The minimum atomic E-state index is -0.300. The Kier molecular flexibility index (Phi) is 8.03. The summed E-state index contributed by atoms with van der Waals surface area (Å²) in [6.07, 6.45) is 14.9. The minimum Gasteiger partial charge on any atom is -0.335 e. The van der Waals surface area contributed by atoms with Crippen LogP contribution >= 0.6 is 0 Å². The van der Waals surface area contributed by atoms with E-state index in [9.17, 15) is 4.39 Å². The first-order valence-corrected chi connectivity index (χ1v) is 14.3. The number of nitrogens with one attached hydrogen (secondary N) is 4. The maximum Gasteiger partial charge on any atom is 0.159 e. The highest BCUT2D eigenvalue weighted by Crippen LogP contribution is 2.29. The van der Waals surface area contributed by atoms with E-state index in [-0.39, 0.29) is 5.82 Å². The summed E-state index contributed by atoms with van der Waals surface area (Å²) in [5.74, 6) is 0.985. The first-order valence-electron chi connectivity index (χ1n) is 14.3. The number of halogens is 1. The number of nitrogens with zero attached hydrogens (tertiary/aromatic N) is 4. The zero-order valence-corrected chi connectivity index (χ0v) is 24.0. The number of imidazole rings is 1. The van der Waals surface area contributed by atoms with Gasteiger partial charge in [-0.15, -0.1) is 0 Å². The zero-order valence-electron chi connectivity index (χ0n) is 24.0. The molecule has 4 aromatic heterocycles. The molecule has 0 atom stereocenters. The van der Waals surface area contributed by atoms with Crippen molar-refractivity contribution in [2.75, 3.05) is 20.1 Å². The molecule has 1 fully saturated rings. The van der Waals surface area contributed by atoms with Gasteiger partial charge < -0.3 is 15.6 Å². The molecule has 0 saturated carbocycles. The summed E-state index contributed by atoms with van der Waals surface area (Å²) in [5, 5.41) is 15.6. The Balaban J connectivity index is 1.28. The highest BCUT2D eigenvalue weighted by Gasteiger charge is 2.16. The largest absolute Gasteiger partial charge is 0.335 e. The number of fused-ring (bicyclic) bond motifs is 1. The lowest BCUT2D eigenvalue weighted by Crippen LogP contribution is -2.28. The second-order valence-corrected chi connectivity index (χ2v) is 11.0. The summed E-state index contributed by atoms with van der Waals surface area (Å²) in [4.78, 5) is 17.0. The van der Waals surface area contributed by atoms with Crippen LogP contribution in [0.25, 0.3) is 51.9 Å². The van der Waals surface area contributed by atoms with E-state index in [2.05, 4.69) is 61.4 Å². The van der Waals surface area contributed by atoms with E-state index in [1.807, 2.05) is 31.6 Å². The predicted molar refractivity (Wildman–Crippen MR) is 166 cm³/mol. The van der Waals surface area contributed by atoms with Crippen LogP contribution in [0, 0.1) is 11.7 Å². The van der Waals surface area contributed by atoms with Crippen LogP contribution in [0.1, 0.15) is 36.5 Å². The zero-order chi connectivity index (χ0) is 29.1. The van der Waals surface area contributed by atoms with Crippen molar-refractivity contribution in [3.05, 3.63) is 88.2 Å². The molecule has 8 nitrogen and oxygen atoms in total. The van der Waals surface area contributed by atoms with Gasteiger partial charge in [0.25, 0.3) is 0 Å². The molecule has 0 spiro atoms. The molecule has 0 bridgehead atoms. The molecule has 1 aliphatic rings. The van der Waals surface area contributed by atoms with Crippen LogP contribution in [-0.4, -0.2) is 50.3 Å². The Morgan fingerprint density at radius 3 is 2.74 bits per heavy atom. The number of piperidine rings is 1. The summed E-state index contributed by atoms with van der Waals surface area (Å²) in [6.45, 7) is 9.12. The van der Waals surface area contributed by atoms with Gasteiger partial charge in [-0.25, -0.2) is 9.37 Å². The third-order valence-electron chi connectivity index (χ3n) is 7.90. The number of aromatic nitrogens is 6. The fourth-order valence-corrected chi connectivity index (χ4v) is 5.62. The van der Waals surface area contributed by atoms with Gasteiger partial charge in [-0.2, -0.15) is 5.10 Å². The van der Waals surface area contributed by atoms with Crippen molar-refractivity contribution in [1.29, 1.82) is 0 Å². The highest BCUT2D eigenvalue weighted by molar-refractivity contribution is 5.92. The molecule has 42 heavy (non-hydrogen) atoms. The normalized spacial score (nSPS) is 15.1. The number of hydrogen-bond donors (Lipinski definition) is 4. The van der Waals surface area contributed by atoms with E-state index >= 15 is 0 Å². The maximum atomic E-state index is 14.4. The Morgan fingerprint density at radius 1 is 1.07 bits per heavy atom. The third kappa shape index (κ3) is 5.93. The predicted octanol–water partition coefficient (Wildman–Crippen LogP) is 4.10. The molecular weight excluding hydrogens is 527 g/mol. The van der Waals surface area contributed by atoms with E-state index in [1.165, 1.54) is 30.5 Å². The number of aromatic amines is 2. The first kappa shape index (κ1) is 27.7. The average molecular weight is 563 g/mol. The Hall–Kier alpha value is -4.47. The van der Waals surface area contributed by atoms with Crippen LogP contribution in [-0.2, 0) is 13.0 Å². The van der Waals surface area contributed by atoms with Gasteiger partial charge in [0.2, 0.25) is 0 Å². The molecule has 0 radical (unpaired) electrons. The lowest BCUT2D eigenvalue weighted by atomic mass is 9.91. The number of allylic oxidation sites excluding steroid dienone is 2. The second-order valence-electron chi connectivity index (χ2n) is 11.0. The lowest BCUT2D eigenvalue weighted by Gasteiger charge is -2.22. The Morgan fingerprint density at radius 2 is 1.90 bits per heavy atom. The Labute approximate surface area is 243 Å². The van der Waals surface area contributed by atoms with Crippen LogP contribution in [0.15, 0.2) is 55.1 Å². The van der Waals surface area contributed by atoms with Gasteiger partial charge in [0, 0.05) is 35.9 Å². The van der Waals surface area contributed by atoms with Crippen LogP contribution in [0.4, 0.5) is 4.39 Å². The van der Waals surface area contributed by atoms with Crippen molar-refractivity contribution < 1.29 is 4.39 Å². The summed E-state index contributed by atoms with van der Waals surface area (Å²) in [7, 11) is 1.83. The lowest BCUT2D eigenvalue weighted by molar-refractivity contribution is 0.372. The van der Waals surface area contributed by atoms with E-state index in [1.54, 1.807) is 12.4 Å². The maximum absolute atomic E-state index is 14.4. The van der Waals surface area contributed by atoms with Crippen molar-refractivity contribution in [3.8, 4) is 22.6 Å². The number of pyridine rings is 2. The highest BCUT2D eigenvalue weighted by atomic mass is 19.1. The molecule has 6 rings (SSSR count). The molecule has 0 amide bonds. The first-order chi connectivity index (χ1) is 20.5. The van der Waals surface area contributed by atoms with Gasteiger partial charge in [0.15, 0.2) is 5.82 Å². The molecule has 1 saturated heterocycles. The molecule has 0 unspecified atom stereocenters. The van der Waals surface area contributed by atoms with Crippen LogP contribution in [0.5, 0.6) is 0 Å². The van der Waals surface area contributed by atoms with E-state index < -0.39 is 0 Å². The number of H-pyrrole nitrogens is 2. The Bertz CT molecular complexity index is 1860. The summed E-state index contributed by atoms with van der Waals surface area (Å²) < 4.78 is 14.4. The third-order valence-corrected chi connectivity index (χ3v) is 7.90. The van der Waals surface area contributed by atoms with Crippen LogP contribution in [0.3, 0.4) is 0 Å². The van der Waals surface area contributed by atoms with E-state index in [0.29, 0.717) is 29.5 Å². The molecule has 1 aromatic carbocycles. The standard InChI is InChI=1S/C33H35FN8/c1-20(26-12-23(16-37-17-26)10-22-6-8-36-9-7-22)4-5-29-21(2)31(42-41-29)33-39-30-19-38-18-28(32(30)40-33)25-11-24(15-35-3)13-27(34)14-25/h4-5,11-14,16-19,22,35-36,41H,2,6-10,15H2,1,3H3,(H,39,40)/b20-4+,29-5+. The number of rotatable bonds is 8. The summed E-state index contributed by atoms with van der Waals surface area (Å²) in [5.41, 5.74) is 7.86. The molecule has 4 N–H and O–H groups in total. The van der Waals surface area contributed by atoms with Gasteiger partial charge >= 0.3 is 0 Å². The monoisotopic (exact) mass is 562 g/mol. The van der Waals surface area contributed by atoms with Gasteiger partial charge in [-0.05, 0) is 110 Å². The van der Waals surface area contributed by atoms with Crippen molar-refractivity contribution >= 4 is 29.3 Å². The van der Waals surface area contributed by atoms with Crippen LogP contribution in [0.2, 0.25) is 0 Å². The van der Waals surface area contributed by atoms with Gasteiger partial charge in [0.05, 0.1) is 22.6 Å². The minimum absolute atomic E-state index is 0.300. The summed E-state index contributed by atoms with van der Waals surface area (Å²) >= 11 is 0. The fraction of sp³-hybridized carbons (Fsp3) is 0.273. The molecule has 5 heterocycles. The molecule has 0 aliphatic carbocycles. The molecule has 5 aromatic rings. The smallest absolute Gasteiger partial charge is 0.159 e. The van der Waals surface area contributed by atoms with Gasteiger partial charge in [-0.3, -0.25) is 15.1 Å². The average Bonchev–Trinajstić information content (AvgIpc) is 3.59. The van der Waals surface area contributed by atoms with E-state index in [4.69, 9.17) is 4.98 Å². The molecule has 1 aliphatic heterocycles. The van der Waals surface area contributed by atoms with Crippen LogP contribution < -0.4 is 21.2 Å². The van der Waals surface area contributed by atoms with Crippen molar-refractivity contribution in [2.45, 2.75) is 32.7 Å². The van der Waals surface area contributed by atoms with Gasteiger partial charge in [-0.1, -0.05) is 12.7 Å². The van der Waals surface area contributed by atoms with Crippen molar-refractivity contribution in [2.24, 2.45) is 5.92 Å². The number of hydrogen-bond acceptors (Lipinski definition) is 6. The number of benzene rings is 1. The fourth-order valence-electron chi connectivity index (χ4n) is 5.62. The summed E-state index contributed by atoms with van der Waals surface area (Å²) in [6, 6.07) is 7.23. The van der Waals surface area contributed by atoms with E-state index in [0.717, 1.165) is 63.4 Å². The molecule has 9 heteroatoms. The quantitative estimate of drug-likeness (QED) is 0.227. The molecule has 214 valence electrons.